The minimum absolute atomic E-state index is 0.00392. The smallest absolute Gasteiger partial charge is 0.189 e. The average Bonchev–Trinajstić information content (AvgIpc) is 3.27. The van der Waals surface area contributed by atoms with E-state index in [0.29, 0.717) is 29.4 Å². The molecule has 0 amide bonds. The minimum Gasteiger partial charge on any atom is -0.486 e. The number of aryl methyl sites for hydroxylation is 1. The number of aromatic nitrogens is 2. The van der Waals surface area contributed by atoms with Crippen molar-refractivity contribution in [1.29, 1.82) is 0 Å². The maximum absolute atomic E-state index is 13.1. The zero-order valence-electron chi connectivity index (χ0n) is 14.9. The first-order chi connectivity index (χ1) is 13.0. The van der Waals surface area contributed by atoms with E-state index in [2.05, 4.69) is 5.10 Å². The van der Waals surface area contributed by atoms with Crippen LogP contribution in [0.2, 0.25) is 5.02 Å². The predicted octanol–water partition coefficient (Wildman–Crippen LogP) is 5.07. The third-order valence-corrected chi connectivity index (χ3v) is 4.31. The Morgan fingerprint density at radius 1 is 1.37 bits per heavy atom. The lowest BCUT2D eigenvalue weighted by molar-refractivity contribution is 0.104. The normalized spacial score (nSPS) is 11.3. The van der Waals surface area contributed by atoms with E-state index in [0.717, 1.165) is 5.69 Å². The zero-order chi connectivity index (χ0) is 19.4. The second kappa shape index (κ2) is 8.22. The van der Waals surface area contributed by atoms with Crippen LogP contribution in [-0.4, -0.2) is 15.6 Å². The van der Waals surface area contributed by atoms with Crippen molar-refractivity contribution in [2.24, 2.45) is 0 Å². The molecule has 0 aliphatic carbocycles. The van der Waals surface area contributed by atoms with Gasteiger partial charge in [0.1, 0.15) is 29.7 Å². The number of nitrogens with zero attached hydrogens (tertiary/aromatic N) is 2. The highest BCUT2D eigenvalue weighted by Gasteiger charge is 2.11. The van der Waals surface area contributed by atoms with Gasteiger partial charge in [-0.2, -0.15) is 5.10 Å². The Morgan fingerprint density at radius 3 is 2.89 bits per heavy atom. The van der Waals surface area contributed by atoms with Crippen molar-refractivity contribution in [3.63, 3.8) is 0 Å². The van der Waals surface area contributed by atoms with Crippen molar-refractivity contribution in [2.75, 3.05) is 0 Å². The van der Waals surface area contributed by atoms with Gasteiger partial charge in [0.15, 0.2) is 5.78 Å². The number of ketones is 1. The third kappa shape index (κ3) is 4.46. The van der Waals surface area contributed by atoms with Crippen molar-refractivity contribution in [2.45, 2.75) is 27.0 Å². The summed E-state index contributed by atoms with van der Waals surface area (Å²) in [5.41, 5.74) is 1.40. The predicted molar refractivity (Wildman–Crippen MR) is 100 cm³/mol. The molecule has 0 bridgehead atoms. The van der Waals surface area contributed by atoms with E-state index < -0.39 is 5.82 Å². The summed E-state index contributed by atoms with van der Waals surface area (Å²) in [5, 5.41) is 4.16. The van der Waals surface area contributed by atoms with Crippen LogP contribution in [0.4, 0.5) is 4.39 Å². The Bertz CT molecular complexity index is 991. The number of carbonyl (C=O) groups excluding carboxylic acids is 1. The van der Waals surface area contributed by atoms with Gasteiger partial charge < -0.3 is 9.15 Å². The standard InChI is InChI=1S/C20H18ClFN2O3/c1-3-24-13(2)17(11-23-24)20(25)9-7-14-4-5-16(27-14)12-26-15-6-8-19(22)18(21)10-15/h4-11H,3,12H2,1-2H3/b9-7+. The summed E-state index contributed by atoms with van der Waals surface area (Å²) in [6, 6.07) is 7.61. The van der Waals surface area contributed by atoms with Crippen LogP contribution in [0.25, 0.3) is 6.08 Å². The van der Waals surface area contributed by atoms with Crippen LogP contribution in [0.1, 0.15) is 34.5 Å². The molecular weight excluding hydrogens is 371 g/mol. The first-order valence-corrected chi connectivity index (χ1v) is 8.77. The molecule has 0 atom stereocenters. The Labute approximate surface area is 161 Å². The van der Waals surface area contributed by atoms with Gasteiger partial charge in [-0.3, -0.25) is 9.48 Å². The Balaban J connectivity index is 1.61. The lowest BCUT2D eigenvalue weighted by atomic mass is 10.1. The van der Waals surface area contributed by atoms with Crippen LogP contribution in [0.5, 0.6) is 5.75 Å². The fourth-order valence-electron chi connectivity index (χ4n) is 2.54. The summed E-state index contributed by atoms with van der Waals surface area (Å²) in [6.45, 7) is 4.70. The van der Waals surface area contributed by atoms with Crippen molar-refractivity contribution >= 4 is 23.5 Å². The highest BCUT2D eigenvalue weighted by molar-refractivity contribution is 6.30. The maximum atomic E-state index is 13.1. The molecule has 3 rings (SSSR count). The number of carbonyl (C=O) groups is 1. The number of ether oxygens (including phenoxy) is 1. The first-order valence-electron chi connectivity index (χ1n) is 8.39. The van der Waals surface area contributed by atoms with Gasteiger partial charge in [0, 0.05) is 18.3 Å². The van der Waals surface area contributed by atoms with Crippen LogP contribution in [-0.2, 0) is 13.2 Å². The highest BCUT2D eigenvalue weighted by Crippen LogP contribution is 2.22. The van der Waals surface area contributed by atoms with Gasteiger partial charge >= 0.3 is 0 Å². The van der Waals surface area contributed by atoms with E-state index in [1.807, 2.05) is 13.8 Å². The molecule has 1 aromatic carbocycles. The molecule has 0 fully saturated rings. The second-order valence-electron chi connectivity index (χ2n) is 5.83. The molecular formula is C20H18ClFN2O3. The molecule has 0 N–H and O–H groups in total. The van der Waals surface area contributed by atoms with Crippen molar-refractivity contribution in [1.82, 2.24) is 9.78 Å². The fraction of sp³-hybridized carbons (Fsp3) is 0.200. The molecule has 0 aliphatic heterocycles. The first kappa shape index (κ1) is 18.9. The lowest BCUT2D eigenvalue weighted by Gasteiger charge is -2.04. The number of benzene rings is 1. The number of halogens is 2. The van der Waals surface area contributed by atoms with Crippen LogP contribution in [0.15, 0.2) is 47.0 Å². The summed E-state index contributed by atoms with van der Waals surface area (Å²) in [4.78, 5) is 12.3. The molecule has 0 aliphatic rings. The van der Waals surface area contributed by atoms with Gasteiger partial charge in [-0.1, -0.05) is 11.6 Å². The molecule has 5 nitrogen and oxygen atoms in total. The Hall–Kier alpha value is -2.86. The van der Waals surface area contributed by atoms with Crippen LogP contribution in [0, 0.1) is 12.7 Å². The molecule has 0 spiro atoms. The van der Waals surface area contributed by atoms with Crippen LogP contribution in [0.3, 0.4) is 0 Å². The van der Waals surface area contributed by atoms with E-state index >= 15 is 0 Å². The summed E-state index contributed by atoms with van der Waals surface area (Å²) < 4.78 is 26.0. The average molecular weight is 389 g/mol. The van der Waals surface area contributed by atoms with Crippen molar-refractivity contribution < 1.29 is 18.3 Å². The van der Waals surface area contributed by atoms with Crippen molar-refractivity contribution in [3.05, 3.63) is 76.2 Å². The molecule has 0 radical (unpaired) electrons. The SMILES string of the molecule is CCn1ncc(C(=O)/C=C/c2ccc(COc3ccc(F)c(Cl)c3)o2)c1C. The topological polar surface area (TPSA) is 57.3 Å². The van der Waals surface area contributed by atoms with Crippen LogP contribution >= 0.6 is 11.6 Å². The molecule has 0 saturated heterocycles. The Morgan fingerprint density at radius 2 is 2.19 bits per heavy atom. The lowest BCUT2D eigenvalue weighted by Crippen LogP contribution is -2.01. The zero-order valence-corrected chi connectivity index (χ0v) is 15.7. The van der Waals surface area contributed by atoms with E-state index in [1.165, 1.54) is 24.3 Å². The number of rotatable bonds is 7. The Kier molecular flexibility index (Phi) is 5.76. The maximum Gasteiger partial charge on any atom is 0.189 e. The van der Waals surface area contributed by atoms with Crippen molar-refractivity contribution in [3.8, 4) is 5.75 Å². The molecule has 3 aromatic rings. The molecule has 0 unspecified atom stereocenters. The molecule has 2 heterocycles. The van der Waals surface area contributed by atoms with E-state index in [9.17, 15) is 9.18 Å². The van der Waals surface area contributed by atoms with Gasteiger partial charge in [0.2, 0.25) is 0 Å². The van der Waals surface area contributed by atoms with Gasteiger partial charge in [-0.15, -0.1) is 0 Å². The molecule has 2 aromatic heterocycles. The highest BCUT2D eigenvalue weighted by atomic mass is 35.5. The molecule has 0 saturated carbocycles. The van der Waals surface area contributed by atoms with Gasteiger partial charge in [0.05, 0.1) is 16.8 Å². The number of allylic oxidation sites excluding steroid dienone is 1. The van der Waals surface area contributed by atoms with E-state index in [1.54, 1.807) is 29.1 Å². The number of hydrogen-bond acceptors (Lipinski definition) is 4. The van der Waals surface area contributed by atoms with Crippen LogP contribution < -0.4 is 4.74 Å². The van der Waals surface area contributed by atoms with Gasteiger partial charge in [0.25, 0.3) is 0 Å². The molecule has 27 heavy (non-hydrogen) atoms. The largest absolute Gasteiger partial charge is 0.486 e. The monoisotopic (exact) mass is 388 g/mol. The fourth-order valence-corrected chi connectivity index (χ4v) is 2.71. The summed E-state index contributed by atoms with van der Waals surface area (Å²) >= 11 is 5.72. The van der Waals surface area contributed by atoms with Gasteiger partial charge in [-0.05, 0) is 50.3 Å². The quantitative estimate of drug-likeness (QED) is 0.418. The molecule has 140 valence electrons. The van der Waals surface area contributed by atoms with E-state index in [4.69, 9.17) is 20.8 Å². The summed E-state index contributed by atoms with van der Waals surface area (Å²) in [6.07, 6.45) is 4.62. The second-order valence-corrected chi connectivity index (χ2v) is 6.23. The molecule has 7 heteroatoms. The third-order valence-electron chi connectivity index (χ3n) is 4.02. The minimum atomic E-state index is -0.501. The summed E-state index contributed by atoms with van der Waals surface area (Å²) in [7, 11) is 0. The summed E-state index contributed by atoms with van der Waals surface area (Å²) in [5.74, 6) is 0.895. The number of hydrogen-bond donors (Lipinski definition) is 0. The number of furan rings is 1. The van der Waals surface area contributed by atoms with E-state index in [-0.39, 0.29) is 17.4 Å². The van der Waals surface area contributed by atoms with Gasteiger partial charge in [-0.25, -0.2) is 4.39 Å².